The van der Waals surface area contributed by atoms with Gasteiger partial charge in [-0.25, -0.2) is 0 Å². The highest BCUT2D eigenvalue weighted by Crippen LogP contribution is 2.22. The average Bonchev–Trinajstić information content (AvgIpc) is 2.35. The van der Waals surface area contributed by atoms with E-state index in [9.17, 15) is 4.79 Å². The van der Waals surface area contributed by atoms with Gasteiger partial charge >= 0.3 is 0 Å². The molecule has 2 fully saturated rings. The third kappa shape index (κ3) is 3.23. The molecule has 0 aromatic heterocycles. The summed E-state index contributed by atoms with van der Waals surface area (Å²) in [5, 5.41) is 3.18. The van der Waals surface area contributed by atoms with E-state index in [1.165, 1.54) is 12.8 Å². The summed E-state index contributed by atoms with van der Waals surface area (Å²) in [4.78, 5) is 14.3. The first-order valence-corrected chi connectivity index (χ1v) is 7.29. The van der Waals surface area contributed by atoms with Crippen molar-refractivity contribution in [1.29, 1.82) is 0 Å². The molecular weight excluding hydrogens is 228 g/mol. The van der Waals surface area contributed by atoms with Crippen LogP contribution < -0.4 is 5.32 Å². The molecule has 0 aromatic carbocycles. The van der Waals surface area contributed by atoms with Crippen LogP contribution in [0.25, 0.3) is 0 Å². The highest BCUT2D eigenvalue weighted by atomic mass is 16.5. The first-order valence-electron chi connectivity index (χ1n) is 7.29. The van der Waals surface area contributed by atoms with Crippen LogP contribution in [0.3, 0.4) is 0 Å². The Balaban J connectivity index is 1.81. The average molecular weight is 254 g/mol. The molecule has 0 bridgehead atoms. The van der Waals surface area contributed by atoms with Gasteiger partial charge in [0.15, 0.2) is 0 Å². The first-order chi connectivity index (χ1) is 8.64. The quantitative estimate of drug-likeness (QED) is 0.809. The largest absolute Gasteiger partial charge is 0.363 e. The second-order valence-electron chi connectivity index (χ2n) is 5.87. The topological polar surface area (TPSA) is 41.6 Å². The Morgan fingerprint density at radius 2 is 2.22 bits per heavy atom. The number of carbonyl (C=O) groups is 1. The van der Waals surface area contributed by atoms with Crippen molar-refractivity contribution in [2.75, 3.05) is 26.2 Å². The summed E-state index contributed by atoms with van der Waals surface area (Å²) in [5.74, 6) is 0.182. The van der Waals surface area contributed by atoms with Gasteiger partial charge in [-0.1, -0.05) is 13.3 Å². The SMILES string of the molecule is CCCC1CCCCN1C(=O)COC1(C)CNC1. The van der Waals surface area contributed by atoms with E-state index in [1.807, 2.05) is 0 Å². The van der Waals surface area contributed by atoms with Gasteiger partial charge in [-0.15, -0.1) is 0 Å². The van der Waals surface area contributed by atoms with Crippen LogP contribution in [0.5, 0.6) is 0 Å². The molecule has 2 aliphatic rings. The summed E-state index contributed by atoms with van der Waals surface area (Å²) < 4.78 is 5.75. The van der Waals surface area contributed by atoms with E-state index in [4.69, 9.17) is 4.74 Å². The van der Waals surface area contributed by atoms with Gasteiger partial charge in [-0.2, -0.15) is 0 Å². The van der Waals surface area contributed by atoms with Gasteiger partial charge in [0.25, 0.3) is 0 Å². The molecule has 2 rings (SSSR count). The Kier molecular flexibility index (Phi) is 4.62. The van der Waals surface area contributed by atoms with Crippen LogP contribution in [0, 0.1) is 0 Å². The molecule has 4 nitrogen and oxygen atoms in total. The number of hydrogen-bond acceptors (Lipinski definition) is 3. The Morgan fingerprint density at radius 1 is 1.44 bits per heavy atom. The maximum Gasteiger partial charge on any atom is 0.248 e. The van der Waals surface area contributed by atoms with E-state index in [2.05, 4.69) is 24.1 Å². The summed E-state index contributed by atoms with van der Waals surface area (Å²) in [6.45, 7) is 7.14. The van der Waals surface area contributed by atoms with Crippen molar-refractivity contribution in [3.63, 3.8) is 0 Å². The molecule has 1 N–H and O–H groups in total. The molecule has 0 radical (unpaired) electrons. The van der Waals surface area contributed by atoms with Crippen LogP contribution in [-0.4, -0.2) is 48.7 Å². The minimum absolute atomic E-state index is 0.119. The molecule has 1 amide bonds. The zero-order chi connectivity index (χ0) is 13.0. The van der Waals surface area contributed by atoms with Crippen LogP contribution >= 0.6 is 0 Å². The third-order valence-electron chi connectivity index (χ3n) is 4.11. The van der Waals surface area contributed by atoms with Gasteiger partial charge in [-0.05, 0) is 32.6 Å². The minimum Gasteiger partial charge on any atom is -0.363 e. The van der Waals surface area contributed by atoms with E-state index in [0.29, 0.717) is 6.04 Å². The molecule has 0 aliphatic carbocycles. The first kappa shape index (κ1) is 13.8. The van der Waals surface area contributed by atoms with Gasteiger partial charge < -0.3 is 15.0 Å². The van der Waals surface area contributed by atoms with Crippen LogP contribution in [0.2, 0.25) is 0 Å². The Morgan fingerprint density at radius 3 is 2.83 bits per heavy atom. The van der Waals surface area contributed by atoms with Crippen molar-refractivity contribution in [2.45, 2.75) is 57.6 Å². The molecule has 4 heteroatoms. The van der Waals surface area contributed by atoms with Gasteiger partial charge in [0.2, 0.25) is 5.91 Å². The zero-order valence-corrected chi connectivity index (χ0v) is 11.7. The smallest absolute Gasteiger partial charge is 0.248 e. The highest BCUT2D eigenvalue weighted by molar-refractivity contribution is 5.78. The van der Waals surface area contributed by atoms with Crippen LogP contribution in [-0.2, 0) is 9.53 Å². The number of hydrogen-bond donors (Lipinski definition) is 1. The number of piperidine rings is 1. The molecule has 2 aliphatic heterocycles. The molecule has 0 aromatic rings. The molecular formula is C14H26N2O2. The number of rotatable bonds is 5. The van der Waals surface area contributed by atoms with Crippen LogP contribution in [0.1, 0.15) is 46.0 Å². The molecule has 1 atom stereocenters. The second kappa shape index (κ2) is 6.02. The van der Waals surface area contributed by atoms with Crippen molar-refractivity contribution in [3.8, 4) is 0 Å². The standard InChI is InChI=1S/C14H26N2O2/c1-3-6-12-7-4-5-8-16(12)13(17)9-18-14(2)10-15-11-14/h12,15H,3-11H2,1-2H3. The fourth-order valence-electron chi connectivity index (χ4n) is 2.86. The van der Waals surface area contributed by atoms with Crippen LogP contribution in [0.15, 0.2) is 0 Å². The number of nitrogens with one attached hydrogen (secondary N) is 1. The lowest BCUT2D eigenvalue weighted by Gasteiger charge is -2.40. The summed E-state index contributed by atoms with van der Waals surface area (Å²) in [7, 11) is 0. The lowest BCUT2D eigenvalue weighted by atomic mass is 9.98. The van der Waals surface area contributed by atoms with Gasteiger partial charge in [-0.3, -0.25) is 4.79 Å². The van der Waals surface area contributed by atoms with E-state index >= 15 is 0 Å². The fraction of sp³-hybridized carbons (Fsp3) is 0.929. The maximum absolute atomic E-state index is 12.3. The third-order valence-corrected chi connectivity index (χ3v) is 4.11. The molecule has 0 saturated carbocycles. The summed E-state index contributed by atoms with van der Waals surface area (Å²) in [6, 6.07) is 0.451. The Bertz CT molecular complexity index is 288. The number of nitrogens with zero attached hydrogens (tertiary/aromatic N) is 1. The van der Waals surface area contributed by atoms with Crippen molar-refractivity contribution < 1.29 is 9.53 Å². The molecule has 18 heavy (non-hydrogen) atoms. The molecule has 2 heterocycles. The normalized spacial score (nSPS) is 26.8. The molecule has 0 spiro atoms. The Labute approximate surface area is 110 Å². The summed E-state index contributed by atoms with van der Waals surface area (Å²) in [5.41, 5.74) is -0.119. The van der Waals surface area contributed by atoms with Crippen LogP contribution in [0.4, 0.5) is 0 Å². The van der Waals surface area contributed by atoms with E-state index in [1.54, 1.807) is 0 Å². The number of amides is 1. The Hall–Kier alpha value is -0.610. The van der Waals surface area contributed by atoms with E-state index in [-0.39, 0.29) is 18.1 Å². The van der Waals surface area contributed by atoms with E-state index < -0.39 is 0 Å². The zero-order valence-electron chi connectivity index (χ0n) is 11.7. The van der Waals surface area contributed by atoms with E-state index in [0.717, 1.165) is 38.9 Å². The van der Waals surface area contributed by atoms with Crippen molar-refractivity contribution in [1.82, 2.24) is 10.2 Å². The van der Waals surface area contributed by atoms with Crippen molar-refractivity contribution >= 4 is 5.91 Å². The van der Waals surface area contributed by atoms with Crippen molar-refractivity contribution in [2.24, 2.45) is 0 Å². The predicted octanol–water partition coefficient (Wildman–Crippen LogP) is 1.55. The second-order valence-corrected chi connectivity index (χ2v) is 5.87. The number of likely N-dealkylation sites (tertiary alicyclic amines) is 1. The minimum atomic E-state index is -0.119. The fourth-order valence-corrected chi connectivity index (χ4v) is 2.86. The van der Waals surface area contributed by atoms with Gasteiger partial charge in [0.05, 0.1) is 5.60 Å². The molecule has 1 unspecified atom stereocenters. The monoisotopic (exact) mass is 254 g/mol. The van der Waals surface area contributed by atoms with Gasteiger partial charge in [0, 0.05) is 25.7 Å². The predicted molar refractivity (Wildman–Crippen MR) is 71.5 cm³/mol. The highest BCUT2D eigenvalue weighted by Gasteiger charge is 2.34. The maximum atomic E-state index is 12.3. The molecule has 2 saturated heterocycles. The number of carbonyl (C=O) groups excluding carboxylic acids is 1. The summed E-state index contributed by atoms with van der Waals surface area (Å²) in [6.07, 6.45) is 5.85. The lowest BCUT2D eigenvalue weighted by Crippen LogP contribution is -2.60. The van der Waals surface area contributed by atoms with Gasteiger partial charge in [0.1, 0.15) is 6.61 Å². The van der Waals surface area contributed by atoms with Crippen molar-refractivity contribution in [3.05, 3.63) is 0 Å². The number of ether oxygens (including phenoxy) is 1. The lowest BCUT2D eigenvalue weighted by molar-refractivity contribution is -0.149. The summed E-state index contributed by atoms with van der Waals surface area (Å²) >= 11 is 0. The molecule has 104 valence electrons.